The first-order chi connectivity index (χ1) is 10.1. The molecule has 3 heteroatoms. The van der Waals surface area contributed by atoms with E-state index in [-0.39, 0.29) is 6.04 Å². The third-order valence-corrected chi connectivity index (χ3v) is 3.92. The largest absolute Gasteiger partial charge is 0.459 e. The minimum Gasteiger partial charge on any atom is -0.459 e. The molecule has 0 fully saturated rings. The van der Waals surface area contributed by atoms with Gasteiger partial charge < -0.3 is 10.2 Å². The number of nitrogens with two attached hydrogens (primary N) is 1. The molecule has 21 heavy (non-hydrogen) atoms. The van der Waals surface area contributed by atoms with Crippen LogP contribution in [0.5, 0.6) is 0 Å². The normalized spacial score (nSPS) is 12.7. The Morgan fingerprint density at radius 3 is 2.81 bits per heavy atom. The van der Waals surface area contributed by atoms with E-state index in [9.17, 15) is 0 Å². The number of benzene rings is 2. The average Bonchev–Trinajstić information content (AvgIpc) is 2.88. The molecule has 1 heterocycles. The van der Waals surface area contributed by atoms with E-state index in [0.29, 0.717) is 5.02 Å². The number of halogens is 1. The smallest absolute Gasteiger partial charge is 0.134 e. The van der Waals surface area contributed by atoms with Gasteiger partial charge in [-0.25, -0.2) is 0 Å². The predicted molar refractivity (Wildman–Crippen MR) is 87.7 cm³/mol. The number of hydrogen-bond donors (Lipinski definition) is 1. The van der Waals surface area contributed by atoms with E-state index in [0.717, 1.165) is 29.6 Å². The first kappa shape index (κ1) is 14.2. The molecule has 0 radical (unpaired) electrons. The van der Waals surface area contributed by atoms with Gasteiger partial charge in [0.1, 0.15) is 11.3 Å². The number of hydrogen-bond acceptors (Lipinski definition) is 2. The van der Waals surface area contributed by atoms with Gasteiger partial charge in [0, 0.05) is 10.4 Å². The van der Waals surface area contributed by atoms with Crippen molar-refractivity contribution in [3.63, 3.8) is 0 Å². The number of fused-ring (bicyclic) bond motifs is 1. The molecule has 2 aromatic carbocycles. The van der Waals surface area contributed by atoms with Crippen LogP contribution in [0.4, 0.5) is 0 Å². The van der Waals surface area contributed by atoms with Crippen molar-refractivity contribution in [2.24, 2.45) is 5.73 Å². The van der Waals surface area contributed by atoms with E-state index in [1.807, 2.05) is 24.3 Å². The van der Waals surface area contributed by atoms with Gasteiger partial charge in [0.05, 0.1) is 6.04 Å². The number of aryl methyl sites for hydroxylation is 2. The number of rotatable bonds is 4. The van der Waals surface area contributed by atoms with E-state index < -0.39 is 0 Å². The monoisotopic (exact) mass is 299 g/mol. The van der Waals surface area contributed by atoms with Gasteiger partial charge >= 0.3 is 0 Å². The highest BCUT2D eigenvalue weighted by molar-refractivity contribution is 6.31. The van der Waals surface area contributed by atoms with Crippen molar-refractivity contribution in [3.8, 4) is 0 Å². The molecule has 2 N–H and O–H groups in total. The summed E-state index contributed by atoms with van der Waals surface area (Å²) in [6.07, 6.45) is 1.80. The van der Waals surface area contributed by atoms with Crippen LogP contribution < -0.4 is 5.73 Å². The van der Waals surface area contributed by atoms with Gasteiger partial charge in [0.15, 0.2) is 0 Å². The molecule has 0 saturated carbocycles. The predicted octanol–water partition coefficient (Wildman–Crippen LogP) is 5.03. The second-order valence-electron chi connectivity index (χ2n) is 5.47. The van der Waals surface area contributed by atoms with E-state index in [1.165, 1.54) is 11.1 Å². The Labute approximate surface area is 129 Å². The second-order valence-corrected chi connectivity index (χ2v) is 5.90. The van der Waals surface area contributed by atoms with Crippen LogP contribution in [0.25, 0.3) is 11.0 Å². The van der Waals surface area contributed by atoms with Crippen LogP contribution in [-0.4, -0.2) is 0 Å². The topological polar surface area (TPSA) is 39.2 Å². The highest BCUT2D eigenvalue weighted by Gasteiger charge is 2.12. The first-order valence-electron chi connectivity index (χ1n) is 7.12. The summed E-state index contributed by atoms with van der Waals surface area (Å²) in [5.41, 5.74) is 9.68. The molecule has 0 aliphatic carbocycles. The van der Waals surface area contributed by atoms with Crippen LogP contribution in [0.1, 0.15) is 29.3 Å². The summed E-state index contributed by atoms with van der Waals surface area (Å²) >= 11 is 5.99. The molecule has 1 aromatic heterocycles. The molecule has 0 aliphatic rings. The van der Waals surface area contributed by atoms with Gasteiger partial charge in [-0.2, -0.15) is 0 Å². The summed E-state index contributed by atoms with van der Waals surface area (Å²) < 4.78 is 5.81. The van der Waals surface area contributed by atoms with E-state index in [1.54, 1.807) is 0 Å². The summed E-state index contributed by atoms with van der Waals surface area (Å²) in [6.45, 7) is 2.10. The lowest BCUT2D eigenvalue weighted by Crippen LogP contribution is -2.10. The molecule has 108 valence electrons. The minimum absolute atomic E-state index is 0.100. The van der Waals surface area contributed by atoms with Crippen molar-refractivity contribution in [2.45, 2.75) is 25.8 Å². The zero-order valence-corrected chi connectivity index (χ0v) is 12.7. The lowest BCUT2D eigenvalue weighted by Gasteiger charge is -2.08. The van der Waals surface area contributed by atoms with Crippen molar-refractivity contribution >= 4 is 22.6 Å². The molecule has 0 spiro atoms. The van der Waals surface area contributed by atoms with Crippen molar-refractivity contribution in [3.05, 3.63) is 70.4 Å². The lowest BCUT2D eigenvalue weighted by atomic mass is 10.0. The molecule has 3 rings (SSSR count). The van der Waals surface area contributed by atoms with Crippen LogP contribution in [0.15, 0.2) is 52.9 Å². The SMILES string of the molecule is Cc1cccc(CCC(N)c2cc3cc(Cl)ccc3o2)c1. The van der Waals surface area contributed by atoms with Gasteiger partial charge in [-0.3, -0.25) is 0 Å². The van der Waals surface area contributed by atoms with Crippen LogP contribution in [0.3, 0.4) is 0 Å². The fraction of sp³-hybridized carbons (Fsp3) is 0.222. The molecule has 2 nitrogen and oxygen atoms in total. The highest BCUT2D eigenvalue weighted by Crippen LogP contribution is 2.27. The average molecular weight is 300 g/mol. The summed E-state index contributed by atoms with van der Waals surface area (Å²) in [5, 5.41) is 1.71. The molecule has 1 atom stereocenters. The Bertz CT molecular complexity index is 763. The van der Waals surface area contributed by atoms with Gasteiger partial charge in [-0.05, 0) is 49.6 Å². The Morgan fingerprint density at radius 1 is 1.14 bits per heavy atom. The molecular formula is C18H18ClNO. The zero-order chi connectivity index (χ0) is 14.8. The zero-order valence-electron chi connectivity index (χ0n) is 12.0. The molecule has 0 saturated heterocycles. The lowest BCUT2D eigenvalue weighted by molar-refractivity contribution is 0.478. The molecule has 3 aromatic rings. The minimum atomic E-state index is -0.100. The summed E-state index contributed by atoms with van der Waals surface area (Å²) in [4.78, 5) is 0. The molecule has 1 unspecified atom stereocenters. The maximum atomic E-state index is 6.26. The van der Waals surface area contributed by atoms with Crippen molar-refractivity contribution in [1.29, 1.82) is 0 Å². The third-order valence-electron chi connectivity index (χ3n) is 3.69. The fourth-order valence-corrected chi connectivity index (χ4v) is 2.73. The maximum Gasteiger partial charge on any atom is 0.134 e. The first-order valence-corrected chi connectivity index (χ1v) is 7.50. The third kappa shape index (κ3) is 3.29. The molecular weight excluding hydrogens is 282 g/mol. The standard InChI is InChI=1S/C18H18ClNO/c1-12-3-2-4-13(9-12)5-7-16(20)18-11-14-10-15(19)6-8-17(14)21-18/h2-4,6,8-11,16H,5,7,20H2,1H3. The van der Waals surface area contributed by atoms with Crippen LogP contribution in [-0.2, 0) is 6.42 Å². The van der Waals surface area contributed by atoms with Crippen molar-refractivity contribution in [1.82, 2.24) is 0 Å². The van der Waals surface area contributed by atoms with Crippen molar-refractivity contribution < 1.29 is 4.42 Å². The van der Waals surface area contributed by atoms with Gasteiger partial charge in [-0.1, -0.05) is 41.4 Å². The maximum absolute atomic E-state index is 6.26. The van der Waals surface area contributed by atoms with Crippen LogP contribution in [0, 0.1) is 6.92 Å². The van der Waals surface area contributed by atoms with Gasteiger partial charge in [0.2, 0.25) is 0 Å². The van der Waals surface area contributed by atoms with Crippen LogP contribution in [0.2, 0.25) is 5.02 Å². The Morgan fingerprint density at radius 2 is 2.00 bits per heavy atom. The molecule has 0 aliphatic heterocycles. The summed E-state index contributed by atoms with van der Waals surface area (Å²) in [6, 6.07) is 16.0. The quantitative estimate of drug-likeness (QED) is 0.734. The van der Waals surface area contributed by atoms with E-state index in [4.69, 9.17) is 21.8 Å². The Kier molecular flexibility index (Phi) is 4.00. The molecule has 0 amide bonds. The Balaban J connectivity index is 1.73. The summed E-state index contributed by atoms with van der Waals surface area (Å²) in [5.74, 6) is 0.819. The molecule has 0 bridgehead atoms. The van der Waals surface area contributed by atoms with Gasteiger partial charge in [0.25, 0.3) is 0 Å². The van der Waals surface area contributed by atoms with Crippen molar-refractivity contribution in [2.75, 3.05) is 0 Å². The van der Waals surface area contributed by atoms with E-state index in [2.05, 4.69) is 31.2 Å². The fourth-order valence-electron chi connectivity index (χ4n) is 2.55. The van der Waals surface area contributed by atoms with Gasteiger partial charge in [-0.15, -0.1) is 0 Å². The number of furan rings is 1. The van der Waals surface area contributed by atoms with E-state index >= 15 is 0 Å². The highest BCUT2D eigenvalue weighted by atomic mass is 35.5. The van der Waals surface area contributed by atoms with Crippen LogP contribution >= 0.6 is 11.6 Å². The Hall–Kier alpha value is -1.77. The second kappa shape index (κ2) is 5.92. The summed E-state index contributed by atoms with van der Waals surface area (Å²) in [7, 11) is 0.